The van der Waals surface area contributed by atoms with Gasteiger partial charge in [-0.3, -0.25) is 14.3 Å². The fraction of sp³-hybridized carbons (Fsp3) is 0.455. The van der Waals surface area contributed by atoms with Crippen molar-refractivity contribution in [3.8, 4) is 0 Å². The van der Waals surface area contributed by atoms with Crippen molar-refractivity contribution < 1.29 is 19.7 Å². The van der Waals surface area contributed by atoms with E-state index in [0.29, 0.717) is 0 Å². The first-order valence-electron chi connectivity index (χ1n) is 5.59. The molecule has 0 spiro atoms. The Bertz CT molecular complexity index is 632. The van der Waals surface area contributed by atoms with E-state index in [1.54, 1.807) is 0 Å². The molecule has 0 radical (unpaired) electrons. The molecule has 0 amide bonds. The van der Waals surface area contributed by atoms with Gasteiger partial charge in [-0.1, -0.05) is 0 Å². The fourth-order valence-corrected chi connectivity index (χ4v) is 2.20. The van der Waals surface area contributed by atoms with Gasteiger partial charge >= 0.3 is 5.69 Å². The van der Waals surface area contributed by atoms with Gasteiger partial charge in [0.05, 0.1) is 6.10 Å². The third-order valence-corrected chi connectivity index (χ3v) is 3.10. The standard InChI is InChI=1S/C11H13FN2O5/c1-4(15)6-7(12)8(10(18)9(6)17)14-3-2-5(16)13-11(14)19/h2-4,8-10,15,17-18H,1H3,(H,13,16,19)/t4?,8-,9-,10+/m1/s1. The first-order valence-corrected chi connectivity index (χ1v) is 5.59. The topological polar surface area (TPSA) is 116 Å². The molecular formula is C11H13FN2O5. The first kappa shape index (κ1) is 13.7. The molecule has 1 aliphatic carbocycles. The van der Waals surface area contributed by atoms with Crippen LogP contribution in [0.1, 0.15) is 13.0 Å². The highest BCUT2D eigenvalue weighted by atomic mass is 19.1. The summed E-state index contributed by atoms with van der Waals surface area (Å²) in [4.78, 5) is 24.4. The Labute approximate surface area is 106 Å². The number of H-pyrrole nitrogens is 1. The lowest BCUT2D eigenvalue weighted by atomic mass is 10.1. The lowest BCUT2D eigenvalue weighted by Gasteiger charge is -2.19. The Kier molecular flexibility index (Phi) is 3.40. The van der Waals surface area contributed by atoms with Crippen molar-refractivity contribution in [2.24, 2.45) is 0 Å². The number of aromatic amines is 1. The number of hydrogen-bond acceptors (Lipinski definition) is 5. The molecule has 1 aliphatic rings. The Morgan fingerprint density at radius 3 is 2.53 bits per heavy atom. The SMILES string of the molecule is CC(O)C1=C(F)[C@@H](n2ccc(=O)[nH]c2=O)[C@H](O)[C@@H]1O. The van der Waals surface area contributed by atoms with E-state index in [2.05, 4.69) is 0 Å². The molecule has 1 unspecified atom stereocenters. The lowest BCUT2D eigenvalue weighted by molar-refractivity contribution is 0.0201. The van der Waals surface area contributed by atoms with Crippen molar-refractivity contribution in [1.82, 2.24) is 9.55 Å². The molecule has 4 N–H and O–H groups in total. The number of aromatic nitrogens is 2. The average molecular weight is 272 g/mol. The number of aliphatic hydroxyl groups excluding tert-OH is 3. The molecule has 19 heavy (non-hydrogen) atoms. The van der Waals surface area contributed by atoms with Gasteiger partial charge in [-0.2, -0.15) is 0 Å². The largest absolute Gasteiger partial charge is 0.389 e. The molecule has 0 aromatic carbocycles. The van der Waals surface area contributed by atoms with E-state index in [1.807, 2.05) is 4.98 Å². The molecule has 104 valence electrons. The molecule has 1 heterocycles. The highest BCUT2D eigenvalue weighted by Gasteiger charge is 2.44. The summed E-state index contributed by atoms with van der Waals surface area (Å²) >= 11 is 0. The smallest absolute Gasteiger partial charge is 0.329 e. The van der Waals surface area contributed by atoms with E-state index >= 15 is 0 Å². The van der Waals surface area contributed by atoms with E-state index in [4.69, 9.17) is 0 Å². The molecule has 2 rings (SSSR count). The number of hydrogen-bond donors (Lipinski definition) is 4. The zero-order chi connectivity index (χ0) is 14.3. The van der Waals surface area contributed by atoms with Gasteiger partial charge in [-0.25, -0.2) is 9.18 Å². The zero-order valence-electron chi connectivity index (χ0n) is 9.95. The summed E-state index contributed by atoms with van der Waals surface area (Å²) in [5, 5.41) is 28.9. The summed E-state index contributed by atoms with van der Waals surface area (Å²) in [5.41, 5.74) is -1.93. The second-order valence-electron chi connectivity index (χ2n) is 4.38. The van der Waals surface area contributed by atoms with Crippen molar-refractivity contribution in [1.29, 1.82) is 0 Å². The maximum absolute atomic E-state index is 14.1. The van der Waals surface area contributed by atoms with Crippen LogP contribution in [0.2, 0.25) is 0 Å². The van der Waals surface area contributed by atoms with Gasteiger partial charge < -0.3 is 15.3 Å². The van der Waals surface area contributed by atoms with Crippen LogP contribution in [0.5, 0.6) is 0 Å². The predicted octanol–water partition coefficient (Wildman–Crippen LogP) is -1.58. The molecule has 1 aromatic heterocycles. The molecule has 0 saturated carbocycles. The molecule has 1 aromatic rings. The summed E-state index contributed by atoms with van der Waals surface area (Å²) in [5.74, 6) is -0.982. The van der Waals surface area contributed by atoms with Crippen LogP contribution in [0, 0.1) is 0 Å². The molecule has 4 atom stereocenters. The summed E-state index contributed by atoms with van der Waals surface area (Å²) < 4.78 is 14.9. The van der Waals surface area contributed by atoms with Gasteiger partial charge in [0.25, 0.3) is 5.56 Å². The Hall–Kier alpha value is -1.77. The Morgan fingerprint density at radius 1 is 1.42 bits per heavy atom. The van der Waals surface area contributed by atoms with Crippen molar-refractivity contribution in [2.75, 3.05) is 0 Å². The van der Waals surface area contributed by atoms with Gasteiger partial charge in [-0.15, -0.1) is 0 Å². The third-order valence-electron chi connectivity index (χ3n) is 3.10. The van der Waals surface area contributed by atoms with E-state index in [1.165, 1.54) is 6.92 Å². The van der Waals surface area contributed by atoms with Crippen LogP contribution in [0.15, 0.2) is 33.3 Å². The van der Waals surface area contributed by atoms with Crippen LogP contribution >= 0.6 is 0 Å². The fourth-order valence-electron chi connectivity index (χ4n) is 2.20. The monoisotopic (exact) mass is 272 g/mol. The van der Waals surface area contributed by atoms with Crippen LogP contribution in [0.25, 0.3) is 0 Å². The number of nitrogens with zero attached hydrogens (tertiary/aromatic N) is 1. The molecule has 0 fully saturated rings. The van der Waals surface area contributed by atoms with Gasteiger partial charge in [0.2, 0.25) is 0 Å². The maximum Gasteiger partial charge on any atom is 0.329 e. The van der Waals surface area contributed by atoms with Crippen LogP contribution in [0.3, 0.4) is 0 Å². The van der Waals surface area contributed by atoms with E-state index in [9.17, 15) is 29.3 Å². The molecule has 0 bridgehead atoms. The summed E-state index contributed by atoms with van der Waals surface area (Å²) in [6.07, 6.45) is -3.50. The normalized spacial score (nSPS) is 28.8. The number of aliphatic hydroxyl groups is 3. The second kappa shape index (κ2) is 4.72. The van der Waals surface area contributed by atoms with Gasteiger partial charge in [0.15, 0.2) is 0 Å². The minimum absolute atomic E-state index is 0.365. The summed E-state index contributed by atoms with van der Waals surface area (Å²) in [7, 11) is 0. The second-order valence-corrected chi connectivity index (χ2v) is 4.38. The van der Waals surface area contributed by atoms with Gasteiger partial charge in [-0.05, 0) is 6.92 Å². The van der Waals surface area contributed by atoms with Crippen LogP contribution < -0.4 is 11.2 Å². The van der Waals surface area contributed by atoms with E-state index in [0.717, 1.165) is 16.8 Å². The highest BCUT2D eigenvalue weighted by molar-refractivity contribution is 5.30. The Morgan fingerprint density at radius 2 is 2.05 bits per heavy atom. The number of nitrogens with one attached hydrogen (secondary N) is 1. The van der Waals surface area contributed by atoms with Gasteiger partial charge in [0.1, 0.15) is 24.1 Å². The molecular weight excluding hydrogens is 259 g/mol. The van der Waals surface area contributed by atoms with Crippen LogP contribution in [-0.4, -0.2) is 43.2 Å². The molecule has 8 heteroatoms. The van der Waals surface area contributed by atoms with Gasteiger partial charge in [0, 0.05) is 17.8 Å². The first-order chi connectivity index (χ1) is 8.84. The summed E-state index contributed by atoms with van der Waals surface area (Å²) in [6.45, 7) is 1.24. The predicted molar refractivity (Wildman–Crippen MR) is 62.2 cm³/mol. The minimum atomic E-state index is -1.62. The average Bonchev–Trinajstić information content (AvgIpc) is 2.52. The number of rotatable bonds is 2. The maximum atomic E-state index is 14.1. The molecule has 0 aliphatic heterocycles. The summed E-state index contributed by atoms with van der Waals surface area (Å²) in [6, 6.07) is -0.474. The van der Waals surface area contributed by atoms with Crippen molar-refractivity contribution in [2.45, 2.75) is 31.3 Å². The van der Waals surface area contributed by atoms with E-state index in [-0.39, 0.29) is 5.57 Å². The van der Waals surface area contributed by atoms with E-state index < -0.39 is 41.4 Å². The molecule has 0 saturated heterocycles. The number of halogens is 1. The van der Waals surface area contributed by atoms with Crippen LogP contribution in [-0.2, 0) is 0 Å². The van der Waals surface area contributed by atoms with Crippen molar-refractivity contribution in [3.05, 3.63) is 44.5 Å². The van der Waals surface area contributed by atoms with Crippen LogP contribution in [0.4, 0.5) is 4.39 Å². The Balaban J connectivity index is 2.56. The highest BCUT2D eigenvalue weighted by Crippen LogP contribution is 2.37. The molecule has 7 nitrogen and oxygen atoms in total. The zero-order valence-corrected chi connectivity index (χ0v) is 9.95. The minimum Gasteiger partial charge on any atom is -0.389 e. The van der Waals surface area contributed by atoms with Crippen molar-refractivity contribution in [3.63, 3.8) is 0 Å². The quantitative estimate of drug-likeness (QED) is 0.518. The van der Waals surface area contributed by atoms with Crippen molar-refractivity contribution >= 4 is 0 Å². The lowest BCUT2D eigenvalue weighted by Crippen LogP contribution is -2.38. The third kappa shape index (κ3) is 2.14.